The average Bonchev–Trinajstić information content (AvgIpc) is 3.05. The van der Waals surface area contributed by atoms with Gasteiger partial charge in [-0.15, -0.1) is 12.6 Å². The fourth-order valence-electron chi connectivity index (χ4n) is 4.42. The Morgan fingerprint density at radius 1 is 0.912 bits per heavy atom. The average molecular weight is 481 g/mol. The standard InChI is InChI=1S/C27H32N2O4S/c1-26(2,3)32-24(30)28-15-14-19-20-16-18(34)12-13-21(20)29(25(31)33-27(4,5)6)23(19)22(28)17-10-8-7-9-11-17/h7-13,16,22,34H,14-15H2,1-6H3. The van der Waals surface area contributed by atoms with Gasteiger partial charge in [0.2, 0.25) is 0 Å². The van der Waals surface area contributed by atoms with Crippen LogP contribution in [0.4, 0.5) is 9.59 Å². The smallest absolute Gasteiger partial charge is 0.419 e. The topological polar surface area (TPSA) is 60.8 Å². The number of aromatic nitrogens is 1. The van der Waals surface area contributed by atoms with E-state index in [0.29, 0.717) is 13.0 Å². The van der Waals surface area contributed by atoms with E-state index in [1.54, 1.807) is 9.47 Å². The van der Waals surface area contributed by atoms with Crippen LogP contribution in [0.25, 0.3) is 10.9 Å². The number of carbonyl (C=O) groups is 2. The number of rotatable bonds is 1. The molecule has 0 saturated carbocycles. The van der Waals surface area contributed by atoms with Crippen LogP contribution in [0.15, 0.2) is 53.4 Å². The highest BCUT2D eigenvalue weighted by Gasteiger charge is 2.40. The van der Waals surface area contributed by atoms with Gasteiger partial charge in [-0.05, 0) is 77.3 Å². The van der Waals surface area contributed by atoms with Gasteiger partial charge in [-0.3, -0.25) is 4.90 Å². The minimum absolute atomic E-state index is 0.414. The van der Waals surface area contributed by atoms with Crippen LogP contribution >= 0.6 is 12.6 Å². The third kappa shape index (κ3) is 4.80. The summed E-state index contributed by atoms with van der Waals surface area (Å²) < 4.78 is 13.2. The van der Waals surface area contributed by atoms with Gasteiger partial charge in [0.05, 0.1) is 11.2 Å². The zero-order valence-corrected chi connectivity index (χ0v) is 21.5. The first-order valence-electron chi connectivity index (χ1n) is 11.5. The molecule has 3 aromatic rings. The molecule has 4 rings (SSSR count). The molecule has 180 valence electrons. The lowest BCUT2D eigenvalue weighted by molar-refractivity contribution is 0.0164. The molecule has 7 heteroatoms. The van der Waals surface area contributed by atoms with Crippen LogP contribution in [0.2, 0.25) is 0 Å². The number of nitrogens with zero attached hydrogens (tertiary/aromatic N) is 2. The first kappa shape index (κ1) is 24.2. The molecule has 0 spiro atoms. The molecule has 0 saturated heterocycles. The van der Waals surface area contributed by atoms with Crippen LogP contribution in [0.5, 0.6) is 0 Å². The van der Waals surface area contributed by atoms with Crippen molar-refractivity contribution in [2.75, 3.05) is 6.54 Å². The quantitative estimate of drug-likeness (QED) is 0.399. The normalized spacial score (nSPS) is 16.3. The lowest BCUT2D eigenvalue weighted by Crippen LogP contribution is -2.44. The SMILES string of the molecule is CC(C)(C)OC(=O)N1CCc2c(n(C(=O)OC(C)(C)C)c3ccc(S)cc23)C1c1ccccc1. The van der Waals surface area contributed by atoms with Crippen molar-refractivity contribution in [2.24, 2.45) is 0 Å². The lowest BCUT2D eigenvalue weighted by atomic mass is 9.92. The monoisotopic (exact) mass is 480 g/mol. The molecule has 2 aromatic carbocycles. The molecule has 1 amide bonds. The van der Waals surface area contributed by atoms with E-state index >= 15 is 0 Å². The molecule has 1 unspecified atom stereocenters. The highest BCUT2D eigenvalue weighted by atomic mass is 32.1. The Hall–Kier alpha value is -2.93. The predicted octanol–water partition coefficient (Wildman–Crippen LogP) is 6.60. The summed E-state index contributed by atoms with van der Waals surface area (Å²) in [5.74, 6) is 0. The van der Waals surface area contributed by atoms with Gasteiger partial charge in [0, 0.05) is 16.8 Å². The van der Waals surface area contributed by atoms with E-state index < -0.39 is 29.4 Å². The van der Waals surface area contributed by atoms with Gasteiger partial charge in [-0.2, -0.15) is 0 Å². The molecule has 0 bridgehead atoms. The largest absolute Gasteiger partial charge is 0.444 e. The predicted molar refractivity (Wildman–Crippen MR) is 136 cm³/mol. The van der Waals surface area contributed by atoms with Crippen molar-refractivity contribution in [3.05, 3.63) is 65.4 Å². The van der Waals surface area contributed by atoms with Crippen LogP contribution in [0, 0.1) is 0 Å². The Morgan fingerprint density at radius 3 is 2.15 bits per heavy atom. The number of ether oxygens (including phenoxy) is 2. The van der Waals surface area contributed by atoms with Crippen molar-refractivity contribution in [3.8, 4) is 0 Å². The molecule has 0 fully saturated rings. The van der Waals surface area contributed by atoms with E-state index in [1.165, 1.54) is 0 Å². The van der Waals surface area contributed by atoms with Gasteiger partial charge in [-0.1, -0.05) is 30.3 Å². The Morgan fingerprint density at radius 2 is 1.53 bits per heavy atom. The maximum absolute atomic E-state index is 13.6. The fourth-order valence-corrected chi connectivity index (χ4v) is 4.62. The molecule has 6 nitrogen and oxygen atoms in total. The van der Waals surface area contributed by atoms with Gasteiger partial charge < -0.3 is 9.47 Å². The molecule has 1 aliphatic rings. The van der Waals surface area contributed by atoms with E-state index in [1.807, 2.05) is 90.1 Å². The summed E-state index contributed by atoms with van der Waals surface area (Å²) >= 11 is 4.54. The number of amides is 1. The lowest BCUT2D eigenvalue weighted by Gasteiger charge is -2.38. The Bertz CT molecular complexity index is 1240. The van der Waals surface area contributed by atoms with Gasteiger partial charge in [-0.25, -0.2) is 14.2 Å². The third-order valence-electron chi connectivity index (χ3n) is 5.59. The highest BCUT2D eigenvalue weighted by Crippen LogP contribution is 2.42. The second-order valence-corrected chi connectivity index (χ2v) is 11.1. The van der Waals surface area contributed by atoms with Crippen LogP contribution in [-0.4, -0.2) is 39.4 Å². The summed E-state index contributed by atoms with van der Waals surface area (Å²) in [7, 11) is 0. The zero-order chi connectivity index (χ0) is 24.8. The van der Waals surface area contributed by atoms with Crippen molar-refractivity contribution in [1.82, 2.24) is 9.47 Å². The number of benzene rings is 2. The molecule has 0 N–H and O–H groups in total. The van der Waals surface area contributed by atoms with Crippen LogP contribution in [-0.2, 0) is 15.9 Å². The van der Waals surface area contributed by atoms with Gasteiger partial charge in [0.25, 0.3) is 0 Å². The van der Waals surface area contributed by atoms with E-state index in [-0.39, 0.29) is 0 Å². The number of carbonyl (C=O) groups excluding carboxylic acids is 2. The van der Waals surface area contributed by atoms with Gasteiger partial charge in [0.15, 0.2) is 0 Å². The fraction of sp³-hybridized carbons (Fsp3) is 0.407. The molecular formula is C27H32N2O4S. The highest BCUT2D eigenvalue weighted by molar-refractivity contribution is 7.80. The third-order valence-corrected chi connectivity index (χ3v) is 5.87. The van der Waals surface area contributed by atoms with Crippen molar-refractivity contribution >= 4 is 35.7 Å². The summed E-state index contributed by atoms with van der Waals surface area (Å²) in [6.07, 6.45) is -0.304. The van der Waals surface area contributed by atoms with Crippen LogP contribution in [0.3, 0.4) is 0 Å². The van der Waals surface area contributed by atoms with E-state index in [0.717, 1.165) is 32.6 Å². The molecule has 1 aromatic heterocycles. The number of hydrogen-bond donors (Lipinski definition) is 1. The summed E-state index contributed by atoms with van der Waals surface area (Å²) in [6.45, 7) is 11.5. The van der Waals surface area contributed by atoms with Crippen molar-refractivity contribution < 1.29 is 19.1 Å². The van der Waals surface area contributed by atoms with Crippen LogP contribution < -0.4 is 0 Å². The Kier molecular flexibility index (Phi) is 6.19. The zero-order valence-electron chi connectivity index (χ0n) is 20.6. The molecule has 1 atom stereocenters. The Labute approximate surface area is 206 Å². The second kappa shape index (κ2) is 8.69. The van der Waals surface area contributed by atoms with Crippen LogP contribution in [0.1, 0.15) is 64.4 Å². The van der Waals surface area contributed by atoms with Gasteiger partial charge >= 0.3 is 12.2 Å². The first-order valence-corrected chi connectivity index (χ1v) is 11.9. The summed E-state index contributed by atoms with van der Waals surface area (Å²) in [5.41, 5.74) is 2.07. The minimum atomic E-state index is -0.675. The maximum Gasteiger partial charge on any atom is 0.419 e. The summed E-state index contributed by atoms with van der Waals surface area (Å²) in [5, 5.41) is 0.943. The van der Waals surface area contributed by atoms with Crippen molar-refractivity contribution in [3.63, 3.8) is 0 Å². The van der Waals surface area contributed by atoms with Crippen molar-refractivity contribution in [2.45, 2.75) is 70.1 Å². The molecule has 0 radical (unpaired) electrons. The van der Waals surface area contributed by atoms with E-state index in [4.69, 9.17) is 9.47 Å². The van der Waals surface area contributed by atoms with Crippen molar-refractivity contribution in [1.29, 1.82) is 0 Å². The molecule has 34 heavy (non-hydrogen) atoms. The second-order valence-electron chi connectivity index (χ2n) is 10.6. The Balaban J connectivity index is 1.98. The molecule has 2 heterocycles. The van der Waals surface area contributed by atoms with Gasteiger partial charge in [0.1, 0.15) is 17.2 Å². The minimum Gasteiger partial charge on any atom is -0.444 e. The number of fused-ring (bicyclic) bond motifs is 3. The molecule has 1 aliphatic heterocycles. The maximum atomic E-state index is 13.6. The summed E-state index contributed by atoms with van der Waals surface area (Å²) in [4.78, 5) is 29.4. The van der Waals surface area contributed by atoms with E-state index in [9.17, 15) is 9.59 Å². The molecule has 0 aliphatic carbocycles. The number of hydrogen-bond acceptors (Lipinski definition) is 5. The first-order chi connectivity index (χ1) is 15.9. The molecular weight excluding hydrogens is 448 g/mol. The number of thiol groups is 1. The van der Waals surface area contributed by atoms with E-state index in [2.05, 4.69) is 12.6 Å². The summed E-state index contributed by atoms with van der Waals surface area (Å²) in [6, 6.07) is 15.0.